The van der Waals surface area contributed by atoms with Gasteiger partial charge in [-0.2, -0.15) is 0 Å². The van der Waals surface area contributed by atoms with Gasteiger partial charge in [0, 0.05) is 24.6 Å². The molecule has 4 atom stereocenters. The van der Waals surface area contributed by atoms with Crippen LogP contribution in [0, 0.1) is 11.3 Å². The Kier molecular flexibility index (Phi) is 4.16. The summed E-state index contributed by atoms with van der Waals surface area (Å²) < 4.78 is 5.95. The summed E-state index contributed by atoms with van der Waals surface area (Å²) in [6, 6.07) is 0.638. The first-order chi connectivity index (χ1) is 9.26. The predicted molar refractivity (Wildman–Crippen MR) is 76.1 cm³/mol. The normalized spacial score (nSPS) is 40.7. The Bertz CT molecular complexity index is 301. The minimum Gasteiger partial charge on any atom is -0.393 e. The van der Waals surface area contributed by atoms with E-state index in [1.807, 2.05) is 0 Å². The highest BCUT2D eigenvalue weighted by molar-refractivity contribution is 5.10. The molecular weight excluding hydrogens is 238 g/mol. The predicted octanol–water partition coefficient (Wildman–Crippen LogP) is 2.47. The van der Waals surface area contributed by atoms with Crippen LogP contribution in [0.4, 0.5) is 0 Å². The number of rotatable bonds is 5. The summed E-state index contributed by atoms with van der Waals surface area (Å²) in [6.07, 6.45) is 10.4. The average Bonchev–Trinajstić information content (AvgIpc) is 3.03. The second-order valence-corrected chi connectivity index (χ2v) is 6.84. The van der Waals surface area contributed by atoms with Gasteiger partial charge in [-0.3, -0.25) is 0 Å². The number of ether oxygens (including phenoxy) is 1. The van der Waals surface area contributed by atoms with Crippen molar-refractivity contribution in [2.45, 2.75) is 76.5 Å². The smallest absolute Gasteiger partial charge is 0.0661 e. The van der Waals surface area contributed by atoms with E-state index in [0.29, 0.717) is 23.5 Å². The molecule has 0 aliphatic heterocycles. The van der Waals surface area contributed by atoms with E-state index >= 15 is 0 Å². The van der Waals surface area contributed by atoms with Gasteiger partial charge in [0.1, 0.15) is 0 Å². The molecule has 0 bridgehead atoms. The lowest BCUT2D eigenvalue weighted by Gasteiger charge is -2.54. The monoisotopic (exact) mass is 267 g/mol. The topological polar surface area (TPSA) is 41.5 Å². The molecular formula is C16H29NO2. The highest BCUT2D eigenvalue weighted by Gasteiger charge is 2.56. The quantitative estimate of drug-likeness (QED) is 0.804. The summed E-state index contributed by atoms with van der Waals surface area (Å²) in [5.41, 5.74) is 0.430. The summed E-state index contributed by atoms with van der Waals surface area (Å²) in [6.45, 7) is 3.96. The fourth-order valence-corrected chi connectivity index (χ4v) is 4.72. The van der Waals surface area contributed by atoms with Crippen LogP contribution in [0.25, 0.3) is 0 Å². The van der Waals surface area contributed by atoms with Crippen LogP contribution in [0.3, 0.4) is 0 Å². The first kappa shape index (κ1) is 13.8. The van der Waals surface area contributed by atoms with Crippen molar-refractivity contribution in [3.63, 3.8) is 0 Å². The van der Waals surface area contributed by atoms with Gasteiger partial charge >= 0.3 is 0 Å². The summed E-state index contributed by atoms with van der Waals surface area (Å²) in [5, 5.41) is 13.7. The van der Waals surface area contributed by atoms with Crippen LogP contribution in [0.5, 0.6) is 0 Å². The zero-order valence-corrected chi connectivity index (χ0v) is 12.2. The van der Waals surface area contributed by atoms with E-state index in [1.165, 1.54) is 44.9 Å². The molecule has 1 spiro atoms. The van der Waals surface area contributed by atoms with Crippen molar-refractivity contribution in [1.82, 2.24) is 5.32 Å². The number of hydrogen-bond donors (Lipinski definition) is 2. The Morgan fingerprint density at radius 3 is 2.63 bits per heavy atom. The molecule has 110 valence electrons. The highest BCUT2D eigenvalue weighted by atomic mass is 16.5. The number of aliphatic hydroxyl groups is 1. The maximum Gasteiger partial charge on any atom is 0.0661 e. The molecule has 0 aromatic carbocycles. The largest absolute Gasteiger partial charge is 0.393 e. The second-order valence-electron chi connectivity index (χ2n) is 6.84. The lowest BCUT2D eigenvalue weighted by atomic mass is 9.60. The van der Waals surface area contributed by atoms with Gasteiger partial charge in [0.05, 0.1) is 12.2 Å². The summed E-state index contributed by atoms with van der Waals surface area (Å²) in [4.78, 5) is 0. The molecule has 0 aromatic heterocycles. The van der Waals surface area contributed by atoms with Crippen molar-refractivity contribution in [2.75, 3.05) is 13.2 Å². The Labute approximate surface area is 117 Å². The second kappa shape index (κ2) is 5.71. The molecule has 3 nitrogen and oxygen atoms in total. The van der Waals surface area contributed by atoms with Gasteiger partial charge in [0.25, 0.3) is 0 Å². The van der Waals surface area contributed by atoms with Crippen molar-refractivity contribution < 1.29 is 9.84 Å². The highest BCUT2D eigenvalue weighted by Crippen LogP contribution is 2.54. The van der Waals surface area contributed by atoms with Crippen molar-refractivity contribution >= 4 is 0 Å². The third-order valence-electron chi connectivity index (χ3n) is 5.93. The standard InChI is InChI=1S/C16H29NO2/c1-2-19-15-10-14(16(15)8-3-4-9-16)17-11-12-6-5-7-13(12)18/h12-15,17-18H,2-11H2,1H3. The van der Waals surface area contributed by atoms with Crippen LogP contribution < -0.4 is 5.32 Å². The lowest BCUT2D eigenvalue weighted by Crippen LogP contribution is -2.63. The number of hydrogen-bond acceptors (Lipinski definition) is 3. The van der Waals surface area contributed by atoms with E-state index in [4.69, 9.17) is 4.74 Å². The van der Waals surface area contributed by atoms with Crippen molar-refractivity contribution in [1.29, 1.82) is 0 Å². The number of aliphatic hydroxyl groups excluding tert-OH is 1. The van der Waals surface area contributed by atoms with Crippen molar-refractivity contribution in [3.05, 3.63) is 0 Å². The molecule has 0 amide bonds. The molecule has 4 unspecified atom stereocenters. The van der Waals surface area contributed by atoms with E-state index in [9.17, 15) is 5.11 Å². The Hall–Kier alpha value is -0.120. The van der Waals surface area contributed by atoms with Gasteiger partial charge in [-0.1, -0.05) is 19.3 Å². The molecule has 3 aliphatic rings. The minimum atomic E-state index is -0.0604. The zero-order valence-electron chi connectivity index (χ0n) is 12.2. The van der Waals surface area contributed by atoms with E-state index < -0.39 is 0 Å². The summed E-state index contributed by atoms with van der Waals surface area (Å²) in [7, 11) is 0. The molecule has 3 aliphatic carbocycles. The SMILES string of the molecule is CCOC1CC(NCC2CCCC2O)C12CCCC2. The summed E-state index contributed by atoms with van der Waals surface area (Å²) in [5.74, 6) is 0.490. The maximum absolute atomic E-state index is 9.92. The first-order valence-corrected chi connectivity index (χ1v) is 8.29. The van der Waals surface area contributed by atoms with E-state index in [2.05, 4.69) is 12.2 Å². The minimum absolute atomic E-state index is 0.0604. The summed E-state index contributed by atoms with van der Waals surface area (Å²) >= 11 is 0. The van der Waals surface area contributed by atoms with Gasteiger partial charge < -0.3 is 15.2 Å². The third kappa shape index (κ3) is 2.45. The first-order valence-electron chi connectivity index (χ1n) is 8.29. The van der Waals surface area contributed by atoms with Gasteiger partial charge in [0.15, 0.2) is 0 Å². The Morgan fingerprint density at radius 1 is 1.21 bits per heavy atom. The molecule has 0 radical (unpaired) electrons. The Morgan fingerprint density at radius 2 is 2.00 bits per heavy atom. The Balaban J connectivity index is 1.53. The van der Waals surface area contributed by atoms with Gasteiger partial charge in [-0.05, 0) is 44.9 Å². The van der Waals surface area contributed by atoms with Crippen LogP contribution in [-0.2, 0) is 4.74 Å². The third-order valence-corrected chi connectivity index (χ3v) is 5.93. The fourth-order valence-electron chi connectivity index (χ4n) is 4.72. The van der Waals surface area contributed by atoms with Crippen molar-refractivity contribution in [3.8, 4) is 0 Å². The molecule has 19 heavy (non-hydrogen) atoms. The molecule has 3 fully saturated rings. The molecule has 0 saturated heterocycles. The van der Waals surface area contributed by atoms with Crippen LogP contribution >= 0.6 is 0 Å². The van der Waals surface area contributed by atoms with Gasteiger partial charge in [0.2, 0.25) is 0 Å². The number of nitrogens with one attached hydrogen (secondary N) is 1. The van der Waals surface area contributed by atoms with Crippen LogP contribution in [0.2, 0.25) is 0 Å². The molecule has 3 heteroatoms. The molecule has 3 saturated carbocycles. The average molecular weight is 267 g/mol. The van der Waals surface area contributed by atoms with Gasteiger partial charge in [-0.25, -0.2) is 0 Å². The fraction of sp³-hybridized carbons (Fsp3) is 1.00. The maximum atomic E-state index is 9.92. The van der Waals surface area contributed by atoms with Crippen molar-refractivity contribution in [2.24, 2.45) is 11.3 Å². The van der Waals surface area contributed by atoms with E-state index in [-0.39, 0.29) is 6.10 Å². The van der Waals surface area contributed by atoms with E-state index in [0.717, 1.165) is 19.6 Å². The molecule has 2 N–H and O–H groups in total. The zero-order chi connectivity index (χ0) is 13.3. The molecule has 0 aromatic rings. The lowest BCUT2D eigenvalue weighted by molar-refractivity contribution is -0.131. The van der Waals surface area contributed by atoms with E-state index in [1.54, 1.807) is 0 Å². The molecule has 0 heterocycles. The van der Waals surface area contributed by atoms with Crippen LogP contribution in [-0.4, -0.2) is 36.5 Å². The van der Waals surface area contributed by atoms with Gasteiger partial charge in [-0.15, -0.1) is 0 Å². The van der Waals surface area contributed by atoms with Crippen LogP contribution in [0.15, 0.2) is 0 Å². The van der Waals surface area contributed by atoms with Crippen LogP contribution in [0.1, 0.15) is 58.3 Å². The molecule has 3 rings (SSSR count).